The number of hydrogen-bond donors (Lipinski definition) is 3. The van der Waals surface area contributed by atoms with E-state index in [1.165, 1.54) is 22.5 Å². The fraction of sp³-hybridized carbons (Fsp3) is 0.500. The van der Waals surface area contributed by atoms with Crippen molar-refractivity contribution in [2.24, 2.45) is 5.73 Å². The second-order valence-electron chi connectivity index (χ2n) is 5.33. The van der Waals surface area contributed by atoms with Crippen LogP contribution in [-0.4, -0.2) is 37.8 Å². The molecular weight excluding hydrogens is 342 g/mol. The summed E-state index contributed by atoms with van der Waals surface area (Å²) in [6.07, 6.45) is 1.87. The van der Waals surface area contributed by atoms with Crippen LogP contribution in [0.15, 0.2) is 18.2 Å². The van der Waals surface area contributed by atoms with E-state index >= 15 is 0 Å². The number of rotatable bonds is 5. The molecule has 1 aliphatic rings. The number of carbonyl (C=O) groups is 1. The number of sulfonamides is 1. The van der Waals surface area contributed by atoms with Gasteiger partial charge in [0.1, 0.15) is 5.75 Å². The molecule has 1 unspecified atom stereocenters. The van der Waals surface area contributed by atoms with E-state index in [1.54, 1.807) is 0 Å². The molecule has 1 aromatic rings. The van der Waals surface area contributed by atoms with Gasteiger partial charge in [-0.2, -0.15) is 0 Å². The number of carbonyl (C=O) groups excluding carboxylic acids is 1. The van der Waals surface area contributed by atoms with Gasteiger partial charge in [-0.05, 0) is 31.0 Å². The van der Waals surface area contributed by atoms with E-state index in [0.29, 0.717) is 25.1 Å². The molecule has 1 atom stereocenters. The molecule has 1 saturated heterocycles. The number of benzene rings is 1. The van der Waals surface area contributed by atoms with Crippen molar-refractivity contribution in [3.8, 4) is 5.75 Å². The van der Waals surface area contributed by atoms with E-state index < -0.39 is 22.0 Å². The van der Waals surface area contributed by atoms with Crippen molar-refractivity contribution in [2.45, 2.75) is 32.2 Å². The van der Waals surface area contributed by atoms with E-state index in [-0.39, 0.29) is 29.6 Å². The van der Waals surface area contributed by atoms with Crippen LogP contribution in [0.5, 0.6) is 5.75 Å². The van der Waals surface area contributed by atoms with Gasteiger partial charge in [0.25, 0.3) is 0 Å². The highest BCUT2D eigenvalue weighted by atomic mass is 35.5. The lowest BCUT2D eigenvalue weighted by molar-refractivity contribution is -0.117. The van der Waals surface area contributed by atoms with E-state index in [4.69, 9.17) is 5.73 Å². The predicted octanol–water partition coefficient (Wildman–Crippen LogP) is 1.42. The first kappa shape index (κ1) is 19.5. The summed E-state index contributed by atoms with van der Waals surface area (Å²) in [6.45, 7) is 2.32. The standard InChI is InChI=1S/C14H21N3O4S.ClH/c1-2-4-11(15)14(19)16-12-9-10(5-6-13(12)18)17-7-3-8-22(17,20)21;/h5-6,9,11,18H,2-4,7-8,15H2,1H3,(H,16,19);1H. The number of hydrogen-bond acceptors (Lipinski definition) is 5. The topological polar surface area (TPSA) is 113 Å². The Hall–Kier alpha value is -1.51. The highest BCUT2D eigenvalue weighted by Crippen LogP contribution is 2.32. The molecule has 130 valence electrons. The monoisotopic (exact) mass is 363 g/mol. The molecule has 0 radical (unpaired) electrons. The Labute approximate surface area is 142 Å². The average Bonchev–Trinajstić information content (AvgIpc) is 2.81. The molecule has 0 spiro atoms. The van der Waals surface area contributed by atoms with Gasteiger partial charge in [0.15, 0.2) is 0 Å². The fourth-order valence-electron chi connectivity index (χ4n) is 2.38. The zero-order valence-corrected chi connectivity index (χ0v) is 14.5. The molecule has 0 aliphatic carbocycles. The Morgan fingerprint density at radius 3 is 2.74 bits per heavy atom. The van der Waals surface area contributed by atoms with Gasteiger partial charge < -0.3 is 16.2 Å². The van der Waals surface area contributed by atoms with Crippen LogP contribution >= 0.6 is 12.4 Å². The minimum Gasteiger partial charge on any atom is -0.506 e. The summed E-state index contributed by atoms with van der Waals surface area (Å²) >= 11 is 0. The SMILES string of the molecule is CCCC(N)C(=O)Nc1cc(N2CCCS2(=O)=O)ccc1O.Cl. The van der Waals surface area contributed by atoms with Crippen LogP contribution in [-0.2, 0) is 14.8 Å². The Bertz CT molecular complexity index is 666. The zero-order chi connectivity index (χ0) is 16.3. The highest BCUT2D eigenvalue weighted by molar-refractivity contribution is 7.93. The lowest BCUT2D eigenvalue weighted by Crippen LogP contribution is -2.35. The van der Waals surface area contributed by atoms with Crippen molar-refractivity contribution in [1.29, 1.82) is 0 Å². The third-order valence-electron chi connectivity index (χ3n) is 3.56. The Balaban J connectivity index is 0.00000264. The zero-order valence-electron chi connectivity index (χ0n) is 12.9. The highest BCUT2D eigenvalue weighted by Gasteiger charge is 2.29. The Morgan fingerprint density at radius 2 is 2.17 bits per heavy atom. The number of amides is 1. The number of halogens is 1. The summed E-state index contributed by atoms with van der Waals surface area (Å²) < 4.78 is 25.1. The van der Waals surface area contributed by atoms with Crippen LogP contribution in [0.2, 0.25) is 0 Å². The largest absolute Gasteiger partial charge is 0.506 e. The third-order valence-corrected chi connectivity index (χ3v) is 5.43. The van der Waals surface area contributed by atoms with Crippen molar-refractivity contribution in [2.75, 3.05) is 21.9 Å². The van der Waals surface area contributed by atoms with E-state index in [2.05, 4.69) is 5.32 Å². The van der Waals surface area contributed by atoms with Crippen LogP contribution < -0.4 is 15.4 Å². The molecule has 0 bridgehead atoms. The summed E-state index contributed by atoms with van der Waals surface area (Å²) in [5.41, 5.74) is 6.32. The van der Waals surface area contributed by atoms with Gasteiger partial charge in [-0.15, -0.1) is 12.4 Å². The normalized spacial score (nSPS) is 17.4. The number of phenolic OH excluding ortho intramolecular Hbond substituents is 1. The number of aromatic hydroxyl groups is 1. The molecule has 1 fully saturated rings. The summed E-state index contributed by atoms with van der Waals surface area (Å²) in [7, 11) is -3.31. The van der Waals surface area contributed by atoms with Crippen molar-refractivity contribution < 1.29 is 18.3 Å². The van der Waals surface area contributed by atoms with Gasteiger partial charge in [-0.3, -0.25) is 9.10 Å². The van der Waals surface area contributed by atoms with Crippen LogP contribution in [0.25, 0.3) is 0 Å². The van der Waals surface area contributed by atoms with Gasteiger partial charge in [0, 0.05) is 6.54 Å². The first-order valence-corrected chi connectivity index (χ1v) is 8.86. The number of anilines is 2. The quantitative estimate of drug-likeness (QED) is 0.685. The average molecular weight is 364 g/mol. The van der Waals surface area contributed by atoms with Crippen LogP contribution in [0, 0.1) is 0 Å². The maximum atomic E-state index is 11.9. The van der Waals surface area contributed by atoms with Crippen LogP contribution in [0.3, 0.4) is 0 Å². The molecule has 9 heteroatoms. The van der Waals surface area contributed by atoms with Gasteiger partial charge >= 0.3 is 0 Å². The van der Waals surface area contributed by atoms with Crippen molar-refractivity contribution in [3.05, 3.63) is 18.2 Å². The van der Waals surface area contributed by atoms with Crippen LogP contribution in [0.4, 0.5) is 11.4 Å². The predicted molar refractivity (Wildman–Crippen MR) is 92.6 cm³/mol. The first-order chi connectivity index (χ1) is 10.3. The summed E-state index contributed by atoms with van der Waals surface area (Å²) in [5, 5.41) is 12.4. The third kappa shape index (κ3) is 4.49. The Morgan fingerprint density at radius 1 is 1.48 bits per heavy atom. The molecule has 0 aromatic heterocycles. The molecule has 1 aromatic carbocycles. The summed E-state index contributed by atoms with van der Waals surface area (Å²) in [4.78, 5) is 11.9. The number of nitrogens with one attached hydrogen (secondary N) is 1. The van der Waals surface area contributed by atoms with Crippen molar-refractivity contribution in [1.82, 2.24) is 0 Å². The second-order valence-corrected chi connectivity index (χ2v) is 7.34. The fourth-order valence-corrected chi connectivity index (χ4v) is 3.93. The summed E-state index contributed by atoms with van der Waals surface area (Å²) in [6, 6.07) is 3.67. The molecule has 7 nitrogen and oxygen atoms in total. The second kappa shape index (κ2) is 7.85. The minimum atomic E-state index is -3.31. The van der Waals surface area contributed by atoms with E-state index in [9.17, 15) is 18.3 Å². The van der Waals surface area contributed by atoms with Crippen LogP contribution in [0.1, 0.15) is 26.2 Å². The molecule has 1 aliphatic heterocycles. The maximum absolute atomic E-state index is 11.9. The molecular formula is C14H22ClN3O4S. The van der Waals surface area contributed by atoms with Gasteiger partial charge in [0.05, 0.1) is 23.2 Å². The van der Waals surface area contributed by atoms with Gasteiger partial charge in [0.2, 0.25) is 15.9 Å². The molecule has 1 heterocycles. The van der Waals surface area contributed by atoms with Gasteiger partial charge in [-0.25, -0.2) is 8.42 Å². The minimum absolute atomic E-state index is 0. The van der Waals surface area contributed by atoms with E-state index in [0.717, 1.165) is 6.42 Å². The smallest absolute Gasteiger partial charge is 0.241 e. The number of phenols is 1. The molecule has 0 saturated carbocycles. The number of nitrogens with two attached hydrogens (primary N) is 1. The maximum Gasteiger partial charge on any atom is 0.241 e. The number of nitrogens with zero attached hydrogens (tertiary/aromatic N) is 1. The lowest BCUT2D eigenvalue weighted by Gasteiger charge is -2.19. The molecule has 4 N–H and O–H groups in total. The van der Waals surface area contributed by atoms with E-state index in [1.807, 2.05) is 6.92 Å². The van der Waals surface area contributed by atoms with Gasteiger partial charge in [-0.1, -0.05) is 13.3 Å². The van der Waals surface area contributed by atoms with Crippen molar-refractivity contribution >= 4 is 39.7 Å². The lowest BCUT2D eigenvalue weighted by atomic mass is 10.1. The molecule has 1 amide bonds. The first-order valence-electron chi connectivity index (χ1n) is 7.25. The molecule has 23 heavy (non-hydrogen) atoms. The summed E-state index contributed by atoms with van der Waals surface area (Å²) in [5.74, 6) is -0.423. The molecule has 2 rings (SSSR count). The van der Waals surface area contributed by atoms with Crippen molar-refractivity contribution in [3.63, 3.8) is 0 Å². The Kier molecular flexibility index (Phi) is 6.67.